The maximum Gasteiger partial charge on any atom is 0.141 e. The van der Waals surface area contributed by atoms with Gasteiger partial charge in [0.1, 0.15) is 22.7 Å². The van der Waals surface area contributed by atoms with E-state index in [0.29, 0.717) is 0 Å². The van der Waals surface area contributed by atoms with Gasteiger partial charge in [-0.2, -0.15) is 0 Å². The molecule has 27 heavy (non-hydrogen) atoms. The van der Waals surface area contributed by atoms with Crippen molar-refractivity contribution in [3.63, 3.8) is 0 Å². The fourth-order valence-corrected chi connectivity index (χ4v) is 5.61. The topological polar surface area (TPSA) is 58.3 Å². The van der Waals surface area contributed by atoms with Crippen LogP contribution in [0.1, 0.15) is 40.3 Å². The minimum absolute atomic E-state index is 0.919. The summed E-state index contributed by atoms with van der Waals surface area (Å²) in [4.78, 5) is 16.9. The van der Waals surface area contributed by atoms with Crippen LogP contribution in [0, 0.1) is 13.8 Å². The van der Waals surface area contributed by atoms with Gasteiger partial charge in [0.25, 0.3) is 0 Å². The first-order valence-electron chi connectivity index (χ1n) is 9.85. The Bertz CT molecular complexity index is 951. The SMILES string of the molecule is Cc1noc(C)c1CN1CCN(c2ncnc3sc4c(c23)CCCC4)CC1. The molecule has 142 valence electrons. The summed E-state index contributed by atoms with van der Waals surface area (Å²) in [7, 11) is 0. The first-order valence-corrected chi connectivity index (χ1v) is 10.7. The first-order chi connectivity index (χ1) is 13.2. The average Bonchev–Trinajstić information content (AvgIpc) is 3.23. The lowest BCUT2D eigenvalue weighted by Crippen LogP contribution is -2.46. The van der Waals surface area contributed by atoms with E-state index < -0.39 is 0 Å². The molecule has 0 aromatic carbocycles. The maximum absolute atomic E-state index is 5.32. The third-order valence-electron chi connectivity index (χ3n) is 5.97. The van der Waals surface area contributed by atoms with Crippen LogP contribution in [0.25, 0.3) is 10.2 Å². The molecule has 4 heterocycles. The highest BCUT2D eigenvalue weighted by atomic mass is 32.1. The third kappa shape index (κ3) is 3.02. The van der Waals surface area contributed by atoms with Gasteiger partial charge in [-0.25, -0.2) is 9.97 Å². The van der Waals surface area contributed by atoms with E-state index in [0.717, 1.165) is 50.0 Å². The molecule has 0 bridgehead atoms. The number of rotatable bonds is 3. The summed E-state index contributed by atoms with van der Waals surface area (Å²) in [5, 5.41) is 5.42. The van der Waals surface area contributed by atoms with E-state index in [9.17, 15) is 0 Å². The molecule has 2 aliphatic rings. The molecule has 0 N–H and O–H groups in total. The van der Waals surface area contributed by atoms with Gasteiger partial charge in [0, 0.05) is 43.2 Å². The van der Waals surface area contributed by atoms with Gasteiger partial charge < -0.3 is 9.42 Å². The van der Waals surface area contributed by atoms with Gasteiger partial charge >= 0.3 is 0 Å². The van der Waals surface area contributed by atoms with Gasteiger partial charge in [0.15, 0.2) is 0 Å². The van der Waals surface area contributed by atoms with Crippen molar-refractivity contribution in [2.45, 2.75) is 46.1 Å². The minimum atomic E-state index is 0.919. The molecule has 1 aliphatic heterocycles. The molecule has 0 unspecified atom stereocenters. The number of piperazine rings is 1. The number of anilines is 1. The Morgan fingerprint density at radius 2 is 1.89 bits per heavy atom. The third-order valence-corrected chi connectivity index (χ3v) is 7.17. The van der Waals surface area contributed by atoms with E-state index in [2.05, 4.69) is 19.9 Å². The van der Waals surface area contributed by atoms with Gasteiger partial charge in [-0.15, -0.1) is 11.3 Å². The van der Waals surface area contributed by atoms with Crippen molar-refractivity contribution in [2.24, 2.45) is 0 Å². The lowest BCUT2D eigenvalue weighted by molar-refractivity contribution is 0.247. The summed E-state index contributed by atoms with van der Waals surface area (Å²) in [5.41, 5.74) is 3.77. The van der Waals surface area contributed by atoms with Crippen LogP contribution < -0.4 is 4.90 Å². The van der Waals surface area contributed by atoms with Crippen LogP contribution >= 0.6 is 11.3 Å². The number of thiophene rings is 1. The van der Waals surface area contributed by atoms with Gasteiger partial charge in [0.2, 0.25) is 0 Å². The zero-order chi connectivity index (χ0) is 18.4. The monoisotopic (exact) mass is 383 g/mol. The van der Waals surface area contributed by atoms with E-state index in [-0.39, 0.29) is 0 Å². The number of aryl methyl sites for hydroxylation is 4. The van der Waals surface area contributed by atoms with E-state index in [4.69, 9.17) is 9.51 Å². The van der Waals surface area contributed by atoms with Crippen LogP contribution in [0.5, 0.6) is 0 Å². The van der Waals surface area contributed by atoms with E-state index in [1.54, 1.807) is 6.33 Å². The predicted octanol–water partition coefficient (Wildman–Crippen LogP) is 3.50. The molecular weight excluding hydrogens is 358 g/mol. The minimum Gasteiger partial charge on any atom is -0.361 e. The van der Waals surface area contributed by atoms with Crippen molar-refractivity contribution in [3.8, 4) is 0 Å². The van der Waals surface area contributed by atoms with Crippen molar-refractivity contribution >= 4 is 27.4 Å². The molecule has 0 radical (unpaired) electrons. The molecule has 3 aromatic rings. The second-order valence-corrected chi connectivity index (χ2v) is 8.74. The summed E-state index contributed by atoms with van der Waals surface area (Å²) >= 11 is 1.88. The van der Waals surface area contributed by atoms with E-state index in [1.165, 1.54) is 51.9 Å². The van der Waals surface area contributed by atoms with Gasteiger partial charge in [0.05, 0.1) is 11.1 Å². The van der Waals surface area contributed by atoms with Gasteiger partial charge in [-0.05, 0) is 45.1 Å². The summed E-state index contributed by atoms with van der Waals surface area (Å²) in [6.07, 6.45) is 6.74. The summed E-state index contributed by atoms with van der Waals surface area (Å²) < 4.78 is 5.32. The lowest BCUT2D eigenvalue weighted by Gasteiger charge is -2.35. The number of fused-ring (bicyclic) bond motifs is 3. The number of hydrogen-bond donors (Lipinski definition) is 0. The molecule has 6 nitrogen and oxygen atoms in total. The number of hydrogen-bond acceptors (Lipinski definition) is 7. The fourth-order valence-electron chi connectivity index (χ4n) is 4.38. The Balaban J connectivity index is 1.36. The molecule has 5 rings (SSSR count). The molecule has 1 aliphatic carbocycles. The molecule has 7 heteroatoms. The smallest absolute Gasteiger partial charge is 0.141 e. The Morgan fingerprint density at radius 1 is 1.07 bits per heavy atom. The number of nitrogens with zero attached hydrogens (tertiary/aromatic N) is 5. The highest BCUT2D eigenvalue weighted by Crippen LogP contribution is 2.39. The summed E-state index contributed by atoms with van der Waals surface area (Å²) in [6.45, 7) is 9.01. The quantitative estimate of drug-likeness (QED) is 0.690. The van der Waals surface area contributed by atoms with Crippen molar-refractivity contribution in [3.05, 3.63) is 33.8 Å². The van der Waals surface area contributed by atoms with E-state index >= 15 is 0 Å². The lowest BCUT2D eigenvalue weighted by atomic mass is 9.97. The van der Waals surface area contributed by atoms with Crippen molar-refractivity contribution < 1.29 is 4.52 Å². The highest BCUT2D eigenvalue weighted by Gasteiger charge is 2.25. The molecule has 1 fully saturated rings. The second kappa shape index (κ2) is 6.87. The average molecular weight is 384 g/mol. The normalized spacial score (nSPS) is 18.2. The van der Waals surface area contributed by atoms with Gasteiger partial charge in [-0.3, -0.25) is 4.90 Å². The number of aromatic nitrogens is 3. The van der Waals surface area contributed by atoms with Crippen LogP contribution in [-0.2, 0) is 19.4 Å². The zero-order valence-corrected chi connectivity index (χ0v) is 16.8. The molecule has 0 amide bonds. The second-order valence-electron chi connectivity index (χ2n) is 7.65. The molecule has 0 spiro atoms. The van der Waals surface area contributed by atoms with E-state index in [1.807, 2.05) is 25.2 Å². The predicted molar refractivity (Wildman–Crippen MR) is 108 cm³/mol. The van der Waals surface area contributed by atoms with Crippen LogP contribution in [0.3, 0.4) is 0 Å². The van der Waals surface area contributed by atoms with Crippen molar-refractivity contribution in [1.29, 1.82) is 0 Å². The van der Waals surface area contributed by atoms with Crippen LogP contribution in [0.4, 0.5) is 5.82 Å². The van der Waals surface area contributed by atoms with Crippen LogP contribution in [0.2, 0.25) is 0 Å². The Labute approximate surface area is 163 Å². The van der Waals surface area contributed by atoms with Crippen LogP contribution in [-0.4, -0.2) is 46.2 Å². The maximum atomic E-state index is 5.32. The van der Waals surface area contributed by atoms with Crippen molar-refractivity contribution in [2.75, 3.05) is 31.1 Å². The molecular formula is C20H25N5OS. The molecule has 0 saturated carbocycles. The zero-order valence-electron chi connectivity index (χ0n) is 16.0. The summed E-state index contributed by atoms with van der Waals surface area (Å²) in [5.74, 6) is 2.09. The molecule has 0 atom stereocenters. The highest BCUT2D eigenvalue weighted by molar-refractivity contribution is 7.19. The molecule has 1 saturated heterocycles. The Hall–Kier alpha value is -1.99. The molecule has 3 aromatic heterocycles. The first kappa shape index (κ1) is 17.1. The largest absolute Gasteiger partial charge is 0.361 e. The van der Waals surface area contributed by atoms with Crippen LogP contribution in [0.15, 0.2) is 10.9 Å². The standard InChI is InChI=1S/C20H25N5OS/c1-13-16(14(2)26-23-13)11-24-7-9-25(10-8-24)19-18-15-5-3-4-6-17(15)27-20(18)22-12-21-19/h12H,3-11H2,1-2H3. The summed E-state index contributed by atoms with van der Waals surface area (Å²) in [6, 6.07) is 0. The Kier molecular flexibility index (Phi) is 4.36. The Morgan fingerprint density at radius 3 is 2.67 bits per heavy atom. The van der Waals surface area contributed by atoms with Crippen molar-refractivity contribution in [1.82, 2.24) is 20.0 Å². The van der Waals surface area contributed by atoms with Gasteiger partial charge in [-0.1, -0.05) is 5.16 Å². The fraction of sp³-hybridized carbons (Fsp3) is 0.550.